The average molecular weight is 424 g/mol. The van der Waals surface area contributed by atoms with Gasteiger partial charge >= 0.3 is 6.18 Å². The Hall–Kier alpha value is -2.94. The number of rotatable bonds is 3. The summed E-state index contributed by atoms with van der Waals surface area (Å²) < 4.78 is 51.3. The Bertz CT molecular complexity index is 969. The van der Waals surface area contributed by atoms with E-state index in [-0.39, 0.29) is 22.7 Å². The third kappa shape index (κ3) is 4.40. The van der Waals surface area contributed by atoms with Crippen LogP contribution in [0.1, 0.15) is 23.6 Å². The molecule has 0 fully saturated rings. The van der Waals surface area contributed by atoms with Crippen molar-refractivity contribution in [2.75, 3.05) is 12.4 Å². The lowest BCUT2D eigenvalue weighted by atomic mass is 9.93. The first-order valence-corrected chi connectivity index (χ1v) is 8.92. The van der Waals surface area contributed by atoms with Crippen LogP contribution in [0.5, 0.6) is 0 Å². The lowest BCUT2D eigenvalue weighted by Crippen LogP contribution is -2.40. The molecule has 29 heavy (non-hydrogen) atoms. The lowest BCUT2D eigenvalue weighted by molar-refractivity contribution is -0.137. The molecule has 0 saturated carbocycles. The van der Waals surface area contributed by atoms with E-state index in [2.05, 4.69) is 5.32 Å². The van der Waals surface area contributed by atoms with Crippen molar-refractivity contribution < 1.29 is 27.5 Å². The Kier molecular flexibility index (Phi) is 5.61. The number of benzene rings is 2. The molecule has 3 rings (SSSR count). The van der Waals surface area contributed by atoms with E-state index in [1.165, 1.54) is 48.3 Å². The van der Waals surface area contributed by atoms with Gasteiger partial charge in [-0.1, -0.05) is 24.4 Å². The number of hydrogen-bond acceptors (Lipinski definition) is 3. The van der Waals surface area contributed by atoms with Gasteiger partial charge in [0.25, 0.3) is 5.91 Å². The number of nitrogens with zero attached hydrogens (tertiary/aromatic N) is 1. The van der Waals surface area contributed by atoms with Gasteiger partial charge in [0.2, 0.25) is 0 Å². The van der Waals surface area contributed by atoms with Crippen LogP contribution in [0, 0.1) is 5.82 Å². The van der Waals surface area contributed by atoms with Crippen molar-refractivity contribution in [2.24, 2.45) is 0 Å². The van der Waals surface area contributed by atoms with Crippen molar-refractivity contribution >= 4 is 28.8 Å². The third-order valence-corrected chi connectivity index (χ3v) is 4.94. The number of thiocarbonyl (C=S) groups is 1. The van der Waals surface area contributed by atoms with Crippen molar-refractivity contribution in [1.82, 2.24) is 4.90 Å². The van der Waals surface area contributed by atoms with Crippen LogP contribution < -0.4 is 5.32 Å². The number of aliphatic hydroxyl groups excluding tert-OH is 1. The number of nitrogens with one attached hydrogen (secondary N) is 1. The molecule has 1 unspecified atom stereocenters. The standard InChI is InChI=1S/C20H16F4N2O2S/c1-26-15(11-2-4-12(5-3-11)20(22,23)24)10-16(27)17(19(26)28)18(29)25-14-8-6-13(21)7-9-14/h2-9,15,27H,10H2,1H3,(H,25,29). The zero-order valence-electron chi connectivity index (χ0n) is 15.1. The highest BCUT2D eigenvalue weighted by atomic mass is 32.1. The number of amides is 1. The van der Waals surface area contributed by atoms with E-state index < -0.39 is 29.5 Å². The number of likely N-dealkylation sites (N-methyl/N-ethyl adjacent to an activating group) is 1. The Morgan fingerprint density at radius 3 is 2.28 bits per heavy atom. The van der Waals surface area contributed by atoms with Crippen LogP contribution >= 0.6 is 12.2 Å². The van der Waals surface area contributed by atoms with Gasteiger partial charge in [-0.15, -0.1) is 0 Å². The highest BCUT2D eigenvalue weighted by molar-refractivity contribution is 7.81. The Morgan fingerprint density at radius 1 is 1.14 bits per heavy atom. The minimum Gasteiger partial charge on any atom is -0.511 e. The SMILES string of the molecule is CN1C(=O)C(C(=S)Nc2ccc(F)cc2)=C(O)CC1c1ccc(C(F)(F)F)cc1. The van der Waals surface area contributed by atoms with E-state index in [1.54, 1.807) is 0 Å². The van der Waals surface area contributed by atoms with E-state index in [9.17, 15) is 27.5 Å². The third-order valence-electron chi connectivity index (χ3n) is 4.63. The predicted molar refractivity (Wildman–Crippen MR) is 104 cm³/mol. The van der Waals surface area contributed by atoms with Gasteiger partial charge in [0.05, 0.1) is 11.6 Å². The van der Waals surface area contributed by atoms with Crippen LogP contribution in [0.2, 0.25) is 0 Å². The normalized spacial score (nSPS) is 17.5. The highest BCUT2D eigenvalue weighted by Gasteiger charge is 2.36. The molecule has 0 aliphatic carbocycles. The van der Waals surface area contributed by atoms with E-state index in [1.807, 2.05) is 0 Å². The van der Waals surface area contributed by atoms with Crippen molar-refractivity contribution in [3.05, 3.63) is 76.8 Å². The number of anilines is 1. The number of carbonyl (C=O) groups is 1. The zero-order valence-corrected chi connectivity index (χ0v) is 15.9. The molecule has 1 atom stereocenters. The number of carbonyl (C=O) groups excluding carboxylic acids is 1. The lowest BCUT2D eigenvalue weighted by Gasteiger charge is -2.34. The largest absolute Gasteiger partial charge is 0.511 e. The van der Waals surface area contributed by atoms with Crippen LogP contribution in [0.3, 0.4) is 0 Å². The Balaban J connectivity index is 1.83. The molecule has 1 aliphatic rings. The van der Waals surface area contributed by atoms with E-state index in [0.717, 1.165) is 12.1 Å². The molecule has 1 aliphatic heterocycles. The van der Waals surface area contributed by atoms with E-state index >= 15 is 0 Å². The summed E-state index contributed by atoms with van der Waals surface area (Å²) in [6, 6.07) is 9.10. The van der Waals surface area contributed by atoms with Crippen LogP contribution in [-0.2, 0) is 11.0 Å². The van der Waals surface area contributed by atoms with Gasteiger partial charge in [-0.05, 0) is 42.0 Å². The summed E-state index contributed by atoms with van der Waals surface area (Å²) in [5.74, 6) is -1.27. The first kappa shape index (κ1) is 20.8. The fourth-order valence-electron chi connectivity index (χ4n) is 3.05. The van der Waals surface area contributed by atoms with Crippen LogP contribution in [0.4, 0.5) is 23.2 Å². The summed E-state index contributed by atoms with van der Waals surface area (Å²) in [5, 5.41) is 13.2. The molecule has 2 aromatic rings. The summed E-state index contributed by atoms with van der Waals surface area (Å²) >= 11 is 5.21. The second-order valence-electron chi connectivity index (χ2n) is 6.54. The molecule has 2 aromatic carbocycles. The van der Waals surface area contributed by atoms with E-state index in [4.69, 9.17) is 12.2 Å². The van der Waals surface area contributed by atoms with Crippen LogP contribution in [-0.4, -0.2) is 27.9 Å². The maximum Gasteiger partial charge on any atom is 0.416 e. The van der Waals surface area contributed by atoms with Crippen LogP contribution in [0.25, 0.3) is 0 Å². The molecule has 9 heteroatoms. The highest BCUT2D eigenvalue weighted by Crippen LogP contribution is 2.35. The molecule has 0 bridgehead atoms. The van der Waals surface area contributed by atoms with Crippen LogP contribution in [0.15, 0.2) is 59.9 Å². The molecule has 0 radical (unpaired) electrons. The second-order valence-corrected chi connectivity index (χ2v) is 6.95. The van der Waals surface area contributed by atoms with Crippen molar-refractivity contribution in [2.45, 2.75) is 18.6 Å². The number of alkyl halides is 3. The molecule has 1 amide bonds. The molecular formula is C20H16F4N2O2S. The van der Waals surface area contributed by atoms with Gasteiger partial charge in [-0.2, -0.15) is 13.2 Å². The minimum absolute atomic E-state index is 0.00578. The zero-order chi connectivity index (χ0) is 21.3. The number of hydrogen-bond donors (Lipinski definition) is 2. The summed E-state index contributed by atoms with van der Waals surface area (Å²) in [6.45, 7) is 0. The van der Waals surface area contributed by atoms with Gasteiger partial charge in [0.15, 0.2) is 0 Å². The van der Waals surface area contributed by atoms with Gasteiger partial charge in [-0.25, -0.2) is 4.39 Å². The quantitative estimate of drug-likeness (QED) is 0.538. The van der Waals surface area contributed by atoms with Crippen molar-refractivity contribution in [3.8, 4) is 0 Å². The Morgan fingerprint density at radius 2 is 1.72 bits per heavy atom. The molecule has 0 saturated heterocycles. The minimum atomic E-state index is -4.46. The van der Waals surface area contributed by atoms with Crippen molar-refractivity contribution in [3.63, 3.8) is 0 Å². The molecule has 0 aromatic heterocycles. The number of halogens is 4. The van der Waals surface area contributed by atoms with E-state index in [0.29, 0.717) is 11.3 Å². The molecule has 0 spiro atoms. The topological polar surface area (TPSA) is 52.6 Å². The molecule has 152 valence electrons. The monoisotopic (exact) mass is 424 g/mol. The van der Waals surface area contributed by atoms with Crippen molar-refractivity contribution in [1.29, 1.82) is 0 Å². The fourth-order valence-corrected chi connectivity index (χ4v) is 3.38. The first-order chi connectivity index (χ1) is 13.6. The molecule has 1 heterocycles. The van der Waals surface area contributed by atoms with Gasteiger partial charge in [0.1, 0.15) is 22.1 Å². The second kappa shape index (κ2) is 7.82. The average Bonchev–Trinajstić information content (AvgIpc) is 2.66. The molecule has 4 nitrogen and oxygen atoms in total. The maximum atomic E-state index is 13.0. The fraction of sp³-hybridized carbons (Fsp3) is 0.200. The first-order valence-electron chi connectivity index (χ1n) is 8.51. The van der Waals surface area contributed by atoms with Gasteiger partial charge in [0, 0.05) is 19.2 Å². The van der Waals surface area contributed by atoms with Gasteiger partial charge < -0.3 is 15.3 Å². The predicted octanol–water partition coefficient (Wildman–Crippen LogP) is 5.00. The Labute approximate surface area is 169 Å². The molecular weight excluding hydrogens is 408 g/mol. The summed E-state index contributed by atoms with van der Waals surface area (Å²) in [5.41, 5.74) is 0.0000301. The summed E-state index contributed by atoms with van der Waals surface area (Å²) in [6.07, 6.45) is -4.46. The smallest absolute Gasteiger partial charge is 0.416 e. The summed E-state index contributed by atoms with van der Waals surface area (Å²) in [4.78, 5) is 14.1. The summed E-state index contributed by atoms with van der Waals surface area (Å²) in [7, 11) is 1.48. The molecule has 2 N–H and O–H groups in total. The van der Waals surface area contributed by atoms with Gasteiger partial charge in [-0.3, -0.25) is 4.79 Å². The number of aliphatic hydroxyl groups is 1. The maximum absolute atomic E-state index is 13.0.